The van der Waals surface area contributed by atoms with Crippen LogP contribution in [0.4, 0.5) is 11.4 Å². The third-order valence-electron chi connectivity index (χ3n) is 2.28. The lowest BCUT2D eigenvalue weighted by Gasteiger charge is -2.06. The van der Waals surface area contributed by atoms with Crippen LogP contribution in [-0.2, 0) is 0 Å². The number of hydrogen-bond acceptors (Lipinski definition) is 5. The summed E-state index contributed by atoms with van der Waals surface area (Å²) in [6.45, 7) is 0. The Kier molecular flexibility index (Phi) is 4.26. The minimum Gasteiger partial charge on any atom is -0.320 e. The number of carbonyl (C=O) groups is 1. The highest BCUT2D eigenvalue weighted by Gasteiger charge is 2.13. The molecule has 9 heteroatoms. The third-order valence-corrected chi connectivity index (χ3v) is 3.13. The van der Waals surface area contributed by atoms with Gasteiger partial charge in [-0.15, -0.1) is 10.2 Å². The van der Waals surface area contributed by atoms with E-state index in [-0.39, 0.29) is 16.5 Å². The third kappa shape index (κ3) is 3.28. The van der Waals surface area contributed by atoms with Crippen molar-refractivity contribution in [1.82, 2.24) is 10.2 Å². The summed E-state index contributed by atoms with van der Waals surface area (Å²) < 4.78 is 0.391. The number of nitro benzene ring substituents is 1. The van der Waals surface area contributed by atoms with E-state index in [2.05, 4.69) is 31.4 Å². The smallest absolute Gasteiger partial charge is 0.276 e. The van der Waals surface area contributed by atoms with Gasteiger partial charge in [0.1, 0.15) is 0 Å². The van der Waals surface area contributed by atoms with Gasteiger partial charge in [0.25, 0.3) is 11.6 Å². The number of hydrogen-bond donors (Lipinski definition) is 1. The Hall–Kier alpha value is -2.06. The SMILES string of the molecule is O=C(Nc1ccc([N+](=O)[O-])cc1Br)c1ccc(Cl)nn1. The largest absolute Gasteiger partial charge is 0.320 e. The van der Waals surface area contributed by atoms with E-state index in [9.17, 15) is 14.9 Å². The quantitative estimate of drug-likeness (QED) is 0.672. The van der Waals surface area contributed by atoms with Crippen molar-refractivity contribution in [2.45, 2.75) is 0 Å². The molecule has 0 fully saturated rings. The van der Waals surface area contributed by atoms with Gasteiger partial charge in [-0.1, -0.05) is 11.6 Å². The molecular weight excluding hydrogens is 352 g/mol. The van der Waals surface area contributed by atoms with Crippen LogP contribution in [0.2, 0.25) is 5.15 Å². The zero-order chi connectivity index (χ0) is 14.7. The fraction of sp³-hybridized carbons (Fsp3) is 0. The lowest BCUT2D eigenvalue weighted by molar-refractivity contribution is -0.384. The van der Waals surface area contributed by atoms with Crippen molar-refractivity contribution in [1.29, 1.82) is 0 Å². The van der Waals surface area contributed by atoms with Crippen LogP contribution in [0.1, 0.15) is 10.5 Å². The number of halogens is 2. The summed E-state index contributed by atoms with van der Waals surface area (Å²) in [6.07, 6.45) is 0. The van der Waals surface area contributed by atoms with Gasteiger partial charge in [-0.25, -0.2) is 0 Å². The van der Waals surface area contributed by atoms with E-state index in [1.807, 2.05) is 0 Å². The van der Waals surface area contributed by atoms with Crippen LogP contribution in [0.5, 0.6) is 0 Å². The van der Waals surface area contributed by atoms with Gasteiger partial charge in [0.15, 0.2) is 10.8 Å². The van der Waals surface area contributed by atoms with Crippen molar-refractivity contribution in [2.75, 3.05) is 5.32 Å². The molecule has 20 heavy (non-hydrogen) atoms. The number of anilines is 1. The fourth-order valence-electron chi connectivity index (χ4n) is 1.34. The summed E-state index contributed by atoms with van der Waals surface area (Å²) in [5.74, 6) is -0.497. The standard InChI is InChI=1S/C11H6BrClN4O3/c12-7-5-6(17(19)20)1-2-8(7)14-11(18)9-3-4-10(13)16-15-9/h1-5H,(H,14,18). The number of nitrogens with one attached hydrogen (secondary N) is 1. The Morgan fingerprint density at radius 3 is 2.60 bits per heavy atom. The summed E-state index contributed by atoms with van der Waals surface area (Å²) in [4.78, 5) is 22.0. The fourth-order valence-corrected chi connectivity index (χ4v) is 1.91. The first kappa shape index (κ1) is 14.4. The van der Waals surface area contributed by atoms with E-state index in [0.29, 0.717) is 10.2 Å². The maximum Gasteiger partial charge on any atom is 0.276 e. The van der Waals surface area contributed by atoms with Gasteiger partial charge in [0.05, 0.1) is 10.6 Å². The molecule has 0 saturated heterocycles. The first-order valence-electron chi connectivity index (χ1n) is 5.22. The van der Waals surface area contributed by atoms with Gasteiger partial charge in [-0.2, -0.15) is 0 Å². The minimum absolute atomic E-state index is 0.0823. The Bertz CT molecular complexity index is 678. The van der Waals surface area contributed by atoms with Crippen LogP contribution in [0.15, 0.2) is 34.8 Å². The Balaban J connectivity index is 2.19. The molecule has 2 aromatic rings. The second kappa shape index (κ2) is 5.93. The summed E-state index contributed by atoms with van der Waals surface area (Å²) in [5, 5.41) is 20.5. The van der Waals surface area contributed by atoms with Crippen molar-refractivity contribution < 1.29 is 9.72 Å². The van der Waals surface area contributed by atoms with E-state index in [0.717, 1.165) is 0 Å². The lowest BCUT2D eigenvalue weighted by Crippen LogP contribution is -2.14. The topological polar surface area (TPSA) is 98.0 Å². The summed E-state index contributed by atoms with van der Waals surface area (Å²) in [5.41, 5.74) is 0.387. The number of benzene rings is 1. The molecule has 0 spiro atoms. The average molecular weight is 358 g/mol. The Labute approximate surface area is 126 Å². The molecule has 1 aromatic carbocycles. The highest BCUT2D eigenvalue weighted by molar-refractivity contribution is 9.10. The monoisotopic (exact) mass is 356 g/mol. The Morgan fingerprint density at radius 1 is 1.30 bits per heavy atom. The molecular formula is C11H6BrClN4O3. The molecule has 0 unspecified atom stereocenters. The molecule has 1 aromatic heterocycles. The molecule has 102 valence electrons. The van der Waals surface area contributed by atoms with Crippen LogP contribution in [0.25, 0.3) is 0 Å². The number of nitro groups is 1. The Morgan fingerprint density at radius 2 is 2.05 bits per heavy atom. The van der Waals surface area contributed by atoms with Crippen molar-refractivity contribution in [2.24, 2.45) is 0 Å². The summed E-state index contributed by atoms with van der Waals surface area (Å²) >= 11 is 8.72. The van der Waals surface area contributed by atoms with Gasteiger partial charge in [0.2, 0.25) is 0 Å². The van der Waals surface area contributed by atoms with Crippen molar-refractivity contribution in [3.05, 3.63) is 55.8 Å². The normalized spacial score (nSPS) is 10.1. The molecule has 0 aliphatic rings. The number of rotatable bonds is 3. The van der Waals surface area contributed by atoms with Gasteiger partial charge in [-0.05, 0) is 34.1 Å². The van der Waals surface area contributed by atoms with E-state index in [1.165, 1.54) is 30.3 Å². The maximum absolute atomic E-state index is 11.9. The van der Waals surface area contributed by atoms with Gasteiger partial charge in [-0.3, -0.25) is 14.9 Å². The van der Waals surface area contributed by atoms with E-state index in [4.69, 9.17) is 11.6 Å². The van der Waals surface area contributed by atoms with Crippen LogP contribution >= 0.6 is 27.5 Å². The van der Waals surface area contributed by atoms with Gasteiger partial charge >= 0.3 is 0 Å². The molecule has 0 saturated carbocycles. The van der Waals surface area contributed by atoms with E-state index >= 15 is 0 Å². The second-order valence-electron chi connectivity index (χ2n) is 3.62. The van der Waals surface area contributed by atoms with Crippen molar-refractivity contribution in [3.63, 3.8) is 0 Å². The highest BCUT2D eigenvalue weighted by Crippen LogP contribution is 2.27. The molecule has 2 rings (SSSR count). The van der Waals surface area contributed by atoms with Crippen molar-refractivity contribution in [3.8, 4) is 0 Å². The van der Waals surface area contributed by atoms with Gasteiger partial charge < -0.3 is 5.32 Å². The second-order valence-corrected chi connectivity index (χ2v) is 4.86. The zero-order valence-electron chi connectivity index (χ0n) is 9.71. The average Bonchev–Trinajstić information content (AvgIpc) is 2.41. The number of aromatic nitrogens is 2. The van der Waals surface area contributed by atoms with Gasteiger partial charge in [0, 0.05) is 16.6 Å². The molecule has 1 amide bonds. The maximum atomic E-state index is 11.9. The molecule has 0 radical (unpaired) electrons. The molecule has 7 nitrogen and oxygen atoms in total. The molecule has 0 aliphatic heterocycles. The highest BCUT2D eigenvalue weighted by atomic mass is 79.9. The predicted octanol–water partition coefficient (Wildman–Crippen LogP) is 3.05. The zero-order valence-corrected chi connectivity index (χ0v) is 12.1. The molecule has 1 N–H and O–H groups in total. The summed E-state index contributed by atoms with van der Waals surface area (Å²) in [6, 6.07) is 6.86. The first-order valence-corrected chi connectivity index (χ1v) is 6.39. The number of nitrogens with zero attached hydrogens (tertiary/aromatic N) is 3. The van der Waals surface area contributed by atoms with Crippen LogP contribution in [0, 0.1) is 10.1 Å². The lowest BCUT2D eigenvalue weighted by atomic mass is 10.2. The van der Waals surface area contributed by atoms with E-state index in [1.54, 1.807) is 0 Å². The molecule has 1 heterocycles. The minimum atomic E-state index is -0.527. The molecule has 0 atom stereocenters. The number of carbonyl (C=O) groups excluding carboxylic acids is 1. The molecule has 0 bridgehead atoms. The summed E-state index contributed by atoms with van der Waals surface area (Å²) in [7, 11) is 0. The van der Waals surface area contributed by atoms with E-state index < -0.39 is 10.8 Å². The predicted molar refractivity (Wildman–Crippen MR) is 75.8 cm³/mol. The van der Waals surface area contributed by atoms with Crippen LogP contribution in [-0.4, -0.2) is 21.0 Å². The number of non-ortho nitro benzene ring substituents is 1. The number of amides is 1. The van der Waals surface area contributed by atoms with Crippen LogP contribution < -0.4 is 5.32 Å². The molecule has 0 aliphatic carbocycles. The first-order chi connectivity index (χ1) is 9.47. The van der Waals surface area contributed by atoms with Crippen LogP contribution in [0.3, 0.4) is 0 Å². The van der Waals surface area contributed by atoms with Crippen molar-refractivity contribution >= 4 is 44.8 Å².